The Bertz CT molecular complexity index is 424. The predicted molar refractivity (Wildman–Crippen MR) is 60.2 cm³/mol. The lowest BCUT2D eigenvalue weighted by atomic mass is 10.1. The summed E-state index contributed by atoms with van der Waals surface area (Å²) in [4.78, 5) is 11.5. The van der Waals surface area contributed by atoms with Crippen LogP contribution in [0.4, 0.5) is 0 Å². The number of ether oxygens (including phenoxy) is 1. The minimum Gasteiger partial charge on any atom is -0.493 e. The van der Waals surface area contributed by atoms with Crippen LogP contribution in [0.1, 0.15) is 24.0 Å². The van der Waals surface area contributed by atoms with Gasteiger partial charge in [-0.3, -0.25) is 4.79 Å². The number of rotatable bonds is 3. The summed E-state index contributed by atoms with van der Waals surface area (Å²) in [6.45, 7) is 1.43. The molecule has 16 heavy (non-hydrogen) atoms. The van der Waals surface area contributed by atoms with E-state index in [9.17, 15) is 4.79 Å². The highest BCUT2D eigenvalue weighted by Crippen LogP contribution is 2.29. The summed E-state index contributed by atoms with van der Waals surface area (Å²) < 4.78 is 5.44. The smallest absolute Gasteiger partial charge is 0.223 e. The first kappa shape index (κ1) is 9.70. The Morgan fingerprint density at radius 2 is 2.31 bits per heavy atom. The molecular weight excluding hydrogens is 202 g/mol. The summed E-state index contributed by atoms with van der Waals surface area (Å²) >= 11 is 0. The van der Waals surface area contributed by atoms with Crippen LogP contribution in [0.2, 0.25) is 0 Å². The number of benzene rings is 1. The summed E-state index contributed by atoms with van der Waals surface area (Å²) in [6, 6.07) is 6.16. The molecule has 1 N–H and O–H groups in total. The molecule has 0 aromatic heterocycles. The molecule has 1 saturated carbocycles. The summed E-state index contributed by atoms with van der Waals surface area (Å²) in [5.41, 5.74) is 2.43. The van der Waals surface area contributed by atoms with Crippen molar-refractivity contribution in [2.45, 2.75) is 25.8 Å². The van der Waals surface area contributed by atoms with Gasteiger partial charge in [-0.2, -0.15) is 0 Å². The van der Waals surface area contributed by atoms with Gasteiger partial charge < -0.3 is 10.1 Å². The monoisotopic (exact) mass is 217 g/mol. The Balaban J connectivity index is 1.63. The first-order valence-corrected chi connectivity index (χ1v) is 5.85. The van der Waals surface area contributed by atoms with E-state index in [1.807, 2.05) is 12.1 Å². The molecule has 1 aliphatic carbocycles. The van der Waals surface area contributed by atoms with Crippen molar-refractivity contribution in [3.63, 3.8) is 0 Å². The van der Waals surface area contributed by atoms with Crippen LogP contribution in [0.5, 0.6) is 5.75 Å². The molecule has 3 heteroatoms. The molecule has 1 fully saturated rings. The zero-order valence-corrected chi connectivity index (χ0v) is 9.16. The summed E-state index contributed by atoms with van der Waals surface area (Å²) in [6.07, 6.45) is 3.10. The minimum atomic E-state index is 0.205. The summed E-state index contributed by atoms with van der Waals surface area (Å²) in [5, 5.41) is 2.97. The molecule has 0 unspecified atom stereocenters. The van der Waals surface area contributed by atoms with Crippen LogP contribution in [0.15, 0.2) is 18.2 Å². The van der Waals surface area contributed by atoms with Gasteiger partial charge in [0.15, 0.2) is 0 Å². The number of hydrogen-bond acceptors (Lipinski definition) is 2. The highest BCUT2D eigenvalue weighted by molar-refractivity contribution is 5.80. The number of fused-ring (bicyclic) bond motifs is 1. The Morgan fingerprint density at radius 1 is 1.44 bits per heavy atom. The molecule has 3 rings (SSSR count). The molecule has 1 aromatic rings. The Kier molecular flexibility index (Phi) is 2.31. The largest absolute Gasteiger partial charge is 0.493 e. The third-order valence-corrected chi connectivity index (χ3v) is 3.17. The van der Waals surface area contributed by atoms with E-state index in [-0.39, 0.29) is 11.8 Å². The van der Waals surface area contributed by atoms with Gasteiger partial charge in [-0.05, 0) is 30.0 Å². The van der Waals surface area contributed by atoms with Crippen molar-refractivity contribution in [3.8, 4) is 5.75 Å². The fourth-order valence-electron chi connectivity index (χ4n) is 2.03. The van der Waals surface area contributed by atoms with E-state index in [4.69, 9.17) is 4.74 Å². The van der Waals surface area contributed by atoms with Gasteiger partial charge in [0.1, 0.15) is 5.75 Å². The van der Waals surface area contributed by atoms with Crippen molar-refractivity contribution in [3.05, 3.63) is 29.3 Å². The Morgan fingerprint density at radius 3 is 3.12 bits per heavy atom. The maximum atomic E-state index is 11.5. The van der Waals surface area contributed by atoms with Gasteiger partial charge in [-0.15, -0.1) is 0 Å². The van der Waals surface area contributed by atoms with Crippen molar-refractivity contribution in [1.82, 2.24) is 5.32 Å². The molecule has 0 spiro atoms. The van der Waals surface area contributed by atoms with Crippen LogP contribution in [0.25, 0.3) is 0 Å². The van der Waals surface area contributed by atoms with E-state index < -0.39 is 0 Å². The van der Waals surface area contributed by atoms with E-state index in [1.54, 1.807) is 0 Å². The van der Waals surface area contributed by atoms with Gasteiger partial charge >= 0.3 is 0 Å². The quantitative estimate of drug-likeness (QED) is 0.836. The average molecular weight is 217 g/mol. The first-order chi connectivity index (χ1) is 7.83. The number of amides is 1. The molecule has 0 radical (unpaired) electrons. The molecule has 1 aromatic carbocycles. The van der Waals surface area contributed by atoms with Gasteiger partial charge in [0.2, 0.25) is 5.91 Å². The fraction of sp³-hybridized carbons (Fsp3) is 0.462. The predicted octanol–water partition coefficient (Wildman–Crippen LogP) is 1.65. The second kappa shape index (κ2) is 3.81. The highest BCUT2D eigenvalue weighted by Gasteiger charge is 2.29. The lowest BCUT2D eigenvalue weighted by Crippen LogP contribution is -2.24. The molecule has 84 valence electrons. The second-order valence-electron chi connectivity index (χ2n) is 4.53. The van der Waals surface area contributed by atoms with E-state index in [0.29, 0.717) is 6.54 Å². The van der Waals surface area contributed by atoms with Gasteiger partial charge in [-0.1, -0.05) is 12.1 Å². The van der Waals surface area contributed by atoms with E-state index >= 15 is 0 Å². The number of nitrogens with one attached hydrogen (secondary N) is 1. The van der Waals surface area contributed by atoms with Crippen LogP contribution in [0, 0.1) is 5.92 Å². The summed E-state index contributed by atoms with van der Waals surface area (Å²) in [5.74, 6) is 1.49. The molecule has 3 nitrogen and oxygen atoms in total. The van der Waals surface area contributed by atoms with Crippen molar-refractivity contribution >= 4 is 5.91 Å². The van der Waals surface area contributed by atoms with E-state index in [2.05, 4.69) is 11.4 Å². The normalized spacial score (nSPS) is 17.8. The fourth-order valence-corrected chi connectivity index (χ4v) is 2.03. The molecular formula is C13H15NO2. The standard InChI is InChI=1S/C13H15NO2/c15-13(10-2-3-10)14-8-9-1-4-12-11(7-9)5-6-16-12/h1,4,7,10H,2-3,5-6,8H2,(H,14,15). The highest BCUT2D eigenvalue weighted by atomic mass is 16.5. The van der Waals surface area contributed by atoms with E-state index in [0.717, 1.165) is 31.6 Å². The Labute approximate surface area is 94.8 Å². The maximum absolute atomic E-state index is 11.5. The molecule has 1 amide bonds. The molecule has 2 aliphatic rings. The lowest BCUT2D eigenvalue weighted by molar-refractivity contribution is -0.122. The third kappa shape index (κ3) is 1.90. The zero-order chi connectivity index (χ0) is 11.0. The molecule has 0 saturated heterocycles. The van der Waals surface area contributed by atoms with Crippen molar-refractivity contribution < 1.29 is 9.53 Å². The lowest BCUT2D eigenvalue weighted by Gasteiger charge is -2.06. The third-order valence-electron chi connectivity index (χ3n) is 3.17. The number of carbonyl (C=O) groups is 1. The van der Waals surface area contributed by atoms with Crippen LogP contribution in [-0.2, 0) is 17.8 Å². The van der Waals surface area contributed by atoms with Gasteiger partial charge in [0.25, 0.3) is 0 Å². The first-order valence-electron chi connectivity index (χ1n) is 5.85. The van der Waals surface area contributed by atoms with Crippen LogP contribution in [0.3, 0.4) is 0 Å². The molecule has 0 atom stereocenters. The SMILES string of the molecule is O=C(NCc1ccc2c(c1)CCO2)C1CC1. The Hall–Kier alpha value is -1.51. The van der Waals surface area contributed by atoms with Gasteiger partial charge in [-0.25, -0.2) is 0 Å². The second-order valence-corrected chi connectivity index (χ2v) is 4.53. The number of hydrogen-bond donors (Lipinski definition) is 1. The average Bonchev–Trinajstić information content (AvgIpc) is 3.04. The van der Waals surface area contributed by atoms with Crippen LogP contribution in [-0.4, -0.2) is 12.5 Å². The van der Waals surface area contributed by atoms with E-state index in [1.165, 1.54) is 11.1 Å². The van der Waals surface area contributed by atoms with Crippen molar-refractivity contribution in [2.75, 3.05) is 6.61 Å². The van der Waals surface area contributed by atoms with Gasteiger partial charge in [0, 0.05) is 18.9 Å². The minimum absolute atomic E-state index is 0.205. The topological polar surface area (TPSA) is 38.3 Å². The number of carbonyl (C=O) groups excluding carboxylic acids is 1. The van der Waals surface area contributed by atoms with Crippen LogP contribution >= 0.6 is 0 Å². The van der Waals surface area contributed by atoms with Gasteiger partial charge in [0.05, 0.1) is 6.61 Å². The molecule has 0 bridgehead atoms. The summed E-state index contributed by atoms with van der Waals surface area (Å²) in [7, 11) is 0. The molecule has 1 heterocycles. The zero-order valence-electron chi connectivity index (χ0n) is 9.16. The maximum Gasteiger partial charge on any atom is 0.223 e. The van der Waals surface area contributed by atoms with Crippen LogP contribution < -0.4 is 10.1 Å². The molecule has 1 aliphatic heterocycles. The van der Waals surface area contributed by atoms with Crippen molar-refractivity contribution in [1.29, 1.82) is 0 Å². The van der Waals surface area contributed by atoms with Crippen molar-refractivity contribution in [2.24, 2.45) is 5.92 Å².